The number of carbonyl (C=O) groups is 4. The van der Waals surface area contributed by atoms with Crippen molar-refractivity contribution in [3.05, 3.63) is 29.8 Å². The van der Waals surface area contributed by atoms with E-state index in [0.717, 1.165) is 0 Å². The van der Waals surface area contributed by atoms with Gasteiger partial charge >= 0.3 is 0 Å². The van der Waals surface area contributed by atoms with Gasteiger partial charge in [0.1, 0.15) is 17.5 Å². The topological polar surface area (TPSA) is 92.3 Å². The molecule has 0 radical (unpaired) electrons. The molecule has 6 heteroatoms. The molecular formula is C26H40N2O4. The number of anilines is 1. The maximum Gasteiger partial charge on any atom is 0.235 e. The van der Waals surface area contributed by atoms with Gasteiger partial charge in [0.15, 0.2) is 0 Å². The zero-order chi connectivity index (χ0) is 24.5. The van der Waals surface area contributed by atoms with Crippen LogP contribution in [0.5, 0.6) is 0 Å². The van der Waals surface area contributed by atoms with Gasteiger partial charge in [-0.1, -0.05) is 53.7 Å². The monoisotopic (exact) mass is 444 g/mol. The van der Waals surface area contributed by atoms with Crippen molar-refractivity contribution in [1.29, 1.82) is 0 Å². The molecule has 0 saturated carbocycles. The molecule has 1 aromatic rings. The first-order valence-electron chi connectivity index (χ1n) is 11.4. The highest BCUT2D eigenvalue weighted by Gasteiger charge is 2.29. The van der Waals surface area contributed by atoms with E-state index in [-0.39, 0.29) is 40.6 Å². The number of hydrogen-bond acceptors (Lipinski definition) is 4. The zero-order valence-electron chi connectivity index (χ0n) is 20.8. The van der Waals surface area contributed by atoms with Gasteiger partial charge in [-0.2, -0.15) is 0 Å². The molecule has 1 rings (SSSR count). The van der Waals surface area contributed by atoms with Gasteiger partial charge in [0, 0.05) is 31.5 Å². The normalized spacial score (nSPS) is 12.7. The fourth-order valence-corrected chi connectivity index (χ4v) is 3.06. The van der Waals surface area contributed by atoms with E-state index >= 15 is 0 Å². The van der Waals surface area contributed by atoms with Crippen LogP contribution in [-0.2, 0) is 19.2 Å². The molecule has 0 heterocycles. The fourth-order valence-electron chi connectivity index (χ4n) is 3.06. The van der Waals surface area contributed by atoms with E-state index in [9.17, 15) is 19.2 Å². The van der Waals surface area contributed by atoms with Crippen LogP contribution in [0.15, 0.2) is 24.3 Å². The van der Waals surface area contributed by atoms with E-state index in [0.29, 0.717) is 43.5 Å². The van der Waals surface area contributed by atoms with E-state index in [4.69, 9.17) is 0 Å². The van der Waals surface area contributed by atoms with Crippen LogP contribution in [0.1, 0.15) is 92.1 Å². The highest BCUT2D eigenvalue weighted by molar-refractivity contribution is 6.06. The Morgan fingerprint density at radius 3 is 1.94 bits per heavy atom. The first kappa shape index (κ1) is 27.5. The largest absolute Gasteiger partial charge is 0.355 e. The summed E-state index contributed by atoms with van der Waals surface area (Å²) in [6, 6.07) is 6.86. The molecule has 0 aliphatic rings. The van der Waals surface area contributed by atoms with Gasteiger partial charge in [-0.3, -0.25) is 14.4 Å². The predicted molar refractivity (Wildman–Crippen MR) is 129 cm³/mol. The third-order valence-electron chi connectivity index (χ3n) is 4.96. The highest BCUT2D eigenvalue weighted by atomic mass is 16.2. The maximum absolute atomic E-state index is 13.0. The molecule has 2 amide bonds. The average molecular weight is 445 g/mol. The smallest absolute Gasteiger partial charge is 0.235 e. The number of rotatable bonds is 11. The summed E-state index contributed by atoms with van der Waals surface area (Å²) in [4.78, 5) is 49.0. The van der Waals surface area contributed by atoms with Crippen molar-refractivity contribution in [2.75, 3.05) is 11.9 Å². The molecule has 0 aromatic heterocycles. The summed E-state index contributed by atoms with van der Waals surface area (Å²) >= 11 is 0. The summed E-state index contributed by atoms with van der Waals surface area (Å²) in [5, 5.41) is 5.72. The standard InChI is InChI=1S/C26H40N2O4/c1-18(29)9-8-10-22(31)28-20-13-11-19(12-14-20)23(21(30)15-16-25(2,3)4)24(32)27-17-26(5,6)7/h11-14,23H,8-10,15-17H2,1-7H3,(H,27,32)(H,28,31). The molecule has 0 saturated heterocycles. The van der Waals surface area contributed by atoms with Gasteiger partial charge in [0.2, 0.25) is 11.8 Å². The average Bonchev–Trinajstić information content (AvgIpc) is 2.65. The van der Waals surface area contributed by atoms with E-state index in [1.165, 1.54) is 6.92 Å². The summed E-state index contributed by atoms with van der Waals surface area (Å²) < 4.78 is 0. The van der Waals surface area contributed by atoms with Crippen molar-refractivity contribution in [3.63, 3.8) is 0 Å². The molecule has 0 aliphatic heterocycles. The van der Waals surface area contributed by atoms with Gasteiger partial charge in [0.05, 0.1) is 0 Å². The molecule has 32 heavy (non-hydrogen) atoms. The van der Waals surface area contributed by atoms with Gasteiger partial charge < -0.3 is 15.4 Å². The number of amides is 2. The summed E-state index contributed by atoms with van der Waals surface area (Å²) in [6.45, 7) is 14.3. The predicted octanol–water partition coefficient (Wildman–Crippen LogP) is 5.03. The number of carbonyl (C=O) groups excluding carboxylic acids is 4. The van der Waals surface area contributed by atoms with Crippen molar-refractivity contribution in [1.82, 2.24) is 5.32 Å². The SMILES string of the molecule is CC(=O)CCCC(=O)Nc1ccc(C(C(=O)CCC(C)(C)C)C(=O)NCC(C)(C)C)cc1. The first-order chi connectivity index (χ1) is 14.7. The summed E-state index contributed by atoms with van der Waals surface area (Å²) in [5.41, 5.74) is 1.12. The van der Waals surface area contributed by atoms with Crippen molar-refractivity contribution < 1.29 is 19.2 Å². The maximum atomic E-state index is 13.0. The Balaban J connectivity index is 2.93. The molecule has 178 valence electrons. The van der Waals surface area contributed by atoms with Crippen molar-refractivity contribution in [3.8, 4) is 0 Å². The lowest BCUT2D eigenvalue weighted by molar-refractivity contribution is -0.131. The van der Waals surface area contributed by atoms with Gasteiger partial charge in [-0.05, 0) is 48.3 Å². The summed E-state index contributed by atoms with van der Waals surface area (Å²) in [5.74, 6) is -1.37. The number of hydrogen-bond donors (Lipinski definition) is 2. The molecule has 1 atom stereocenters. The Bertz CT molecular complexity index is 769. The first-order valence-corrected chi connectivity index (χ1v) is 11.4. The van der Waals surface area contributed by atoms with E-state index in [1.54, 1.807) is 24.3 Å². The van der Waals surface area contributed by atoms with Crippen LogP contribution in [0.2, 0.25) is 0 Å². The molecule has 6 nitrogen and oxygen atoms in total. The number of nitrogens with one attached hydrogen (secondary N) is 2. The molecular weight excluding hydrogens is 404 g/mol. The second-order valence-electron chi connectivity index (χ2n) is 11.0. The lowest BCUT2D eigenvalue weighted by Crippen LogP contribution is -2.38. The Morgan fingerprint density at radius 2 is 1.44 bits per heavy atom. The van der Waals surface area contributed by atoms with Gasteiger partial charge in [-0.15, -0.1) is 0 Å². The Hall–Kier alpha value is -2.50. The van der Waals surface area contributed by atoms with Crippen LogP contribution in [-0.4, -0.2) is 29.9 Å². The minimum absolute atomic E-state index is 0.00137. The zero-order valence-corrected chi connectivity index (χ0v) is 20.8. The van der Waals surface area contributed by atoms with Crippen LogP contribution in [0.25, 0.3) is 0 Å². The second-order valence-corrected chi connectivity index (χ2v) is 11.0. The lowest BCUT2D eigenvalue weighted by atomic mass is 9.84. The minimum atomic E-state index is -0.875. The van der Waals surface area contributed by atoms with Crippen molar-refractivity contribution in [2.24, 2.45) is 10.8 Å². The molecule has 0 spiro atoms. The van der Waals surface area contributed by atoms with Gasteiger partial charge in [-0.25, -0.2) is 0 Å². The van der Waals surface area contributed by atoms with Crippen molar-refractivity contribution >= 4 is 29.1 Å². The second kappa shape index (κ2) is 11.9. The summed E-state index contributed by atoms with van der Waals surface area (Å²) in [7, 11) is 0. The fraction of sp³-hybridized carbons (Fsp3) is 0.615. The van der Waals surface area contributed by atoms with Crippen LogP contribution < -0.4 is 10.6 Å². The Morgan fingerprint density at radius 1 is 0.844 bits per heavy atom. The molecule has 2 N–H and O–H groups in total. The molecule has 0 bridgehead atoms. The number of ketones is 2. The quantitative estimate of drug-likeness (QED) is 0.468. The molecule has 0 aliphatic carbocycles. The molecule has 1 unspecified atom stereocenters. The van der Waals surface area contributed by atoms with E-state index in [1.807, 2.05) is 20.8 Å². The number of benzene rings is 1. The van der Waals surface area contributed by atoms with E-state index < -0.39 is 5.92 Å². The lowest BCUT2D eigenvalue weighted by Gasteiger charge is -2.23. The minimum Gasteiger partial charge on any atom is -0.355 e. The summed E-state index contributed by atoms with van der Waals surface area (Å²) in [6.07, 6.45) is 2.19. The van der Waals surface area contributed by atoms with E-state index in [2.05, 4.69) is 31.4 Å². The van der Waals surface area contributed by atoms with Crippen molar-refractivity contribution in [2.45, 2.75) is 86.5 Å². The van der Waals surface area contributed by atoms with Crippen LogP contribution >= 0.6 is 0 Å². The molecule has 0 fully saturated rings. The van der Waals surface area contributed by atoms with Gasteiger partial charge in [0.25, 0.3) is 0 Å². The Kier molecular flexibility index (Phi) is 10.3. The number of Topliss-reactive ketones (excluding diaryl/α,β-unsaturated/α-hetero) is 2. The third-order valence-corrected chi connectivity index (χ3v) is 4.96. The van der Waals surface area contributed by atoms with Crippen LogP contribution in [0, 0.1) is 10.8 Å². The highest BCUT2D eigenvalue weighted by Crippen LogP contribution is 2.27. The molecule has 1 aromatic carbocycles. The Labute approximate surface area is 192 Å². The third kappa shape index (κ3) is 11.2. The van der Waals surface area contributed by atoms with Crippen LogP contribution in [0.4, 0.5) is 5.69 Å². The van der Waals surface area contributed by atoms with Crippen LogP contribution in [0.3, 0.4) is 0 Å².